The summed E-state index contributed by atoms with van der Waals surface area (Å²) >= 11 is 0. The third kappa shape index (κ3) is 4.86. The molecular weight excluding hydrogens is 372 g/mol. The third-order valence-corrected chi connectivity index (χ3v) is 5.01. The highest BCUT2D eigenvalue weighted by Crippen LogP contribution is 2.31. The lowest BCUT2D eigenvalue weighted by molar-refractivity contribution is -0.139. The number of carbonyl (C=O) groups excluding carboxylic acids is 1. The van der Waals surface area contributed by atoms with Crippen molar-refractivity contribution < 1.29 is 24.9 Å². The molecule has 1 aliphatic rings. The van der Waals surface area contributed by atoms with E-state index < -0.39 is 46.9 Å². The number of aliphatic carboxylic acids is 1. The number of H-pyrrole nitrogens is 1. The second-order valence-corrected chi connectivity index (χ2v) is 7.49. The molecule has 11 nitrogen and oxygen atoms in total. The second-order valence-electron chi connectivity index (χ2n) is 7.49. The Morgan fingerprint density at radius 1 is 1.39 bits per heavy atom. The summed E-state index contributed by atoms with van der Waals surface area (Å²) < 4.78 is 1.15. The maximum absolute atomic E-state index is 12.6. The summed E-state index contributed by atoms with van der Waals surface area (Å²) in [5.41, 5.74) is 2.85. The Morgan fingerprint density at radius 3 is 2.64 bits per heavy atom. The molecule has 11 heteroatoms. The first kappa shape index (κ1) is 21.8. The van der Waals surface area contributed by atoms with Crippen LogP contribution in [-0.2, 0) is 9.59 Å². The highest BCUT2D eigenvalue weighted by atomic mass is 16.4. The predicted molar refractivity (Wildman–Crippen MR) is 97.8 cm³/mol. The van der Waals surface area contributed by atoms with Crippen LogP contribution in [0.3, 0.4) is 0 Å². The summed E-state index contributed by atoms with van der Waals surface area (Å²) in [5, 5.41) is 29.9. The summed E-state index contributed by atoms with van der Waals surface area (Å²) in [7, 11) is 0. The van der Waals surface area contributed by atoms with Gasteiger partial charge in [-0.25, -0.2) is 4.79 Å². The van der Waals surface area contributed by atoms with E-state index in [1.165, 1.54) is 24.9 Å². The quantitative estimate of drug-likeness (QED) is 0.375. The summed E-state index contributed by atoms with van der Waals surface area (Å²) in [6.07, 6.45) is -0.0767. The molecule has 1 fully saturated rings. The topological polar surface area (TPSA) is 179 Å². The number of likely N-dealkylation sites (tertiary alicyclic amines) is 1. The lowest BCUT2D eigenvalue weighted by Gasteiger charge is -2.34. The van der Waals surface area contributed by atoms with Gasteiger partial charge in [-0.3, -0.25) is 23.9 Å². The highest BCUT2D eigenvalue weighted by molar-refractivity contribution is 5.78. The molecular formula is C17H26N4O7. The van der Waals surface area contributed by atoms with E-state index in [0.717, 1.165) is 4.57 Å². The Hall–Kier alpha value is -2.50. The largest absolute Gasteiger partial charge is 0.480 e. The number of aryl methyl sites for hydroxylation is 1. The first-order valence-electron chi connectivity index (χ1n) is 8.91. The van der Waals surface area contributed by atoms with Crippen LogP contribution < -0.4 is 17.0 Å². The number of nitrogens with one attached hydrogen (secondary N) is 1. The Balaban J connectivity index is 2.33. The molecule has 0 saturated carbocycles. The number of β-amino-alcohol motifs (C(OH)–C–C–N with tert-alkyl or cyclic N) is 1. The number of rotatable bonds is 5. The zero-order chi connectivity index (χ0) is 21.2. The summed E-state index contributed by atoms with van der Waals surface area (Å²) in [6.45, 7) is 2.77. The number of amides is 1. The summed E-state index contributed by atoms with van der Waals surface area (Å²) in [6, 6.07) is -2.12. The van der Waals surface area contributed by atoms with Crippen LogP contribution in [0.2, 0.25) is 0 Å². The molecule has 2 rings (SSSR count). The van der Waals surface area contributed by atoms with Crippen molar-refractivity contribution in [2.24, 2.45) is 5.73 Å². The molecule has 0 bridgehead atoms. The lowest BCUT2D eigenvalue weighted by atomic mass is 9.91. The minimum absolute atomic E-state index is 0.0785. The van der Waals surface area contributed by atoms with Gasteiger partial charge in [-0.1, -0.05) is 0 Å². The van der Waals surface area contributed by atoms with Crippen molar-refractivity contribution in [2.75, 3.05) is 13.1 Å². The first-order valence-corrected chi connectivity index (χ1v) is 8.91. The molecule has 0 aliphatic carbocycles. The third-order valence-electron chi connectivity index (χ3n) is 5.01. The molecule has 2 heterocycles. The zero-order valence-electron chi connectivity index (χ0n) is 15.8. The molecule has 1 aliphatic heterocycles. The van der Waals surface area contributed by atoms with Crippen molar-refractivity contribution in [3.8, 4) is 0 Å². The average Bonchev–Trinajstić information content (AvgIpc) is 2.70. The van der Waals surface area contributed by atoms with Crippen LogP contribution in [-0.4, -0.2) is 72.5 Å². The number of aliphatic hydroxyl groups is 2. The molecule has 1 amide bonds. The van der Waals surface area contributed by atoms with Gasteiger partial charge in [-0.15, -0.1) is 0 Å². The van der Waals surface area contributed by atoms with E-state index in [1.54, 1.807) is 0 Å². The van der Waals surface area contributed by atoms with Crippen molar-refractivity contribution in [1.29, 1.82) is 0 Å². The summed E-state index contributed by atoms with van der Waals surface area (Å²) in [4.78, 5) is 50.7. The summed E-state index contributed by atoms with van der Waals surface area (Å²) in [5.74, 6) is -1.67. The standard InChI is InChI=1S/C17H26N4O7/c1-9-6-21(16(27)19-14(9)24)12-8-20(7-10(22)5-17(12,2)28)13(23)4-3-11(18)15(25)26/h6,10-12,22,28H,3-5,7-8,18H2,1-2H3,(H,25,26)(H,19,24,27)/t10-,11+,12+,17+/m1/s1. The van der Waals surface area contributed by atoms with Crippen molar-refractivity contribution in [1.82, 2.24) is 14.5 Å². The number of hydrogen-bond acceptors (Lipinski definition) is 7. The number of aliphatic hydroxyl groups excluding tert-OH is 1. The van der Waals surface area contributed by atoms with Crippen molar-refractivity contribution in [2.45, 2.75) is 56.9 Å². The number of aromatic nitrogens is 2. The Labute approximate surface area is 160 Å². The fourth-order valence-electron chi connectivity index (χ4n) is 3.38. The van der Waals surface area contributed by atoms with E-state index >= 15 is 0 Å². The highest BCUT2D eigenvalue weighted by Gasteiger charge is 2.41. The van der Waals surface area contributed by atoms with Crippen molar-refractivity contribution in [3.63, 3.8) is 0 Å². The number of nitrogens with two attached hydrogens (primary N) is 1. The molecule has 0 radical (unpaired) electrons. The van der Waals surface area contributed by atoms with E-state index in [2.05, 4.69) is 4.98 Å². The Kier molecular flexibility index (Phi) is 6.42. The fourth-order valence-corrected chi connectivity index (χ4v) is 3.38. The van der Waals surface area contributed by atoms with Crippen molar-refractivity contribution >= 4 is 11.9 Å². The molecule has 0 spiro atoms. The van der Waals surface area contributed by atoms with Crippen LogP contribution in [0.5, 0.6) is 0 Å². The van der Waals surface area contributed by atoms with Gasteiger partial charge < -0.3 is 26.0 Å². The number of nitrogens with zero attached hydrogens (tertiary/aromatic N) is 2. The molecule has 0 aromatic carbocycles. The number of carbonyl (C=O) groups is 2. The number of aromatic amines is 1. The van der Waals surface area contributed by atoms with Gasteiger partial charge >= 0.3 is 11.7 Å². The molecule has 1 saturated heterocycles. The average molecular weight is 398 g/mol. The van der Waals surface area contributed by atoms with Gasteiger partial charge in [0, 0.05) is 37.7 Å². The minimum atomic E-state index is -1.54. The molecule has 1 aromatic rings. The minimum Gasteiger partial charge on any atom is -0.480 e. The molecule has 1 aromatic heterocycles. The van der Waals surface area contributed by atoms with Crippen LogP contribution in [0.4, 0.5) is 0 Å². The number of hydrogen-bond donors (Lipinski definition) is 5. The van der Waals surface area contributed by atoms with Crippen LogP contribution in [0.15, 0.2) is 15.8 Å². The van der Waals surface area contributed by atoms with Gasteiger partial charge in [0.2, 0.25) is 5.91 Å². The van der Waals surface area contributed by atoms with Gasteiger partial charge in [-0.2, -0.15) is 0 Å². The van der Waals surface area contributed by atoms with E-state index in [4.69, 9.17) is 10.8 Å². The number of carboxylic acids is 1. The smallest absolute Gasteiger partial charge is 0.328 e. The number of carboxylic acid groups (broad SMARTS) is 1. The maximum atomic E-state index is 12.6. The van der Waals surface area contributed by atoms with E-state index in [0.29, 0.717) is 0 Å². The van der Waals surface area contributed by atoms with Crippen LogP contribution in [0, 0.1) is 6.92 Å². The lowest BCUT2D eigenvalue weighted by Crippen LogP contribution is -2.47. The van der Waals surface area contributed by atoms with Gasteiger partial charge in [0.15, 0.2) is 0 Å². The van der Waals surface area contributed by atoms with E-state index in [-0.39, 0.29) is 37.9 Å². The first-order chi connectivity index (χ1) is 12.9. The zero-order valence-corrected chi connectivity index (χ0v) is 15.8. The Morgan fingerprint density at radius 2 is 2.04 bits per heavy atom. The second kappa shape index (κ2) is 8.25. The fraction of sp³-hybridized carbons (Fsp3) is 0.647. The van der Waals surface area contributed by atoms with Gasteiger partial charge in [-0.05, 0) is 20.3 Å². The molecule has 0 unspecified atom stereocenters. The van der Waals surface area contributed by atoms with Crippen LogP contribution >= 0.6 is 0 Å². The monoisotopic (exact) mass is 398 g/mol. The maximum Gasteiger partial charge on any atom is 0.328 e. The normalized spacial score (nSPS) is 26.5. The van der Waals surface area contributed by atoms with Gasteiger partial charge in [0.1, 0.15) is 6.04 Å². The molecule has 4 atom stereocenters. The predicted octanol–water partition coefficient (Wildman–Crippen LogP) is -2.08. The van der Waals surface area contributed by atoms with Gasteiger partial charge in [0.05, 0.1) is 17.7 Å². The van der Waals surface area contributed by atoms with Crippen LogP contribution in [0.25, 0.3) is 0 Å². The van der Waals surface area contributed by atoms with E-state index in [1.807, 2.05) is 0 Å². The van der Waals surface area contributed by atoms with Crippen LogP contribution in [0.1, 0.15) is 37.8 Å². The van der Waals surface area contributed by atoms with E-state index in [9.17, 15) is 29.4 Å². The molecule has 28 heavy (non-hydrogen) atoms. The Bertz CT molecular complexity index is 860. The molecule has 156 valence electrons. The van der Waals surface area contributed by atoms with Crippen molar-refractivity contribution in [3.05, 3.63) is 32.6 Å². The van der Waals surface area contributed by atoms with Gasteiger partial charge in [0.25, 0.3) is 5.56 Å². The SMILES string of the molecule is Cc1cn([C@H]2CN(C(=O)CC[C@H](N)C(=O)O)C[C@H](O)C[C@]2(C)O)c(=O)[nH]c1=O. The molecule has 6 N–H and O–H groups in total.